The first kappa shape index (κ1) is 31.3. The van der Waals surface area contributed by atoms with Gasteiger partial charge in [0.15, 0.2) is 0 Å². The van der Waals surface area contributed by atoms with E-state index in [1.807, 2.05) is 22.7 Å². The molecule has 6 heteroatoms. The van der Waals surface area contributed by atoms with E-state index in [-0.39, 0.29) is 0 Å². The molecule has 6 aromatic rings. The molecular weight excluding hydrogens is 639 g/mol. The number of hydrogen-bond acceptors (Lipinski definition) is 2. The monoisotopic (exact) mass is 668 g/mol. The van der Waals surface area contributed by atoms with Crippen LogP contribution in [-0.4, -0.2) is 9.52 Å². The fourth-order valence-electron chi connectivity index (χ4n) is 4.36. The Morgan fingerprint density at radius 1 is 0.632 bits per heavy atom. The van der Waals surface area contributed by atoms with Gasteiger partial charge >= 0.3 is 37.9 Å². The van der Waals surface area contributed by atoms with Gasteiger partial charge in [-0.05, 0) is 38.1 Å². The van der Waals surface area contributed by atoms with Crippen molar-refractivity contribution in [2.24, 2.45) is 0 Å². The molecule has 0 aliphatic rings. The number of aryl methyl sites for hydroxylation is 4. The summed E-state index contributed by atoms with van der Waals surface area (Å²) in [6, 6.07) is 31.0. The summed E-state index contributed by atoms with van der Waals surface area (Å²) in [6.07, 6.45) is 0. The Labute approximate surface area is 256 Å². The Bertz CT molecular complexity index is 1450. The van der Waals surface area contributed by atoms with Gasteiger partial charge < -0.3 is 0 Å². The van der Waals surface area contributed by atoms with Crippen LogP contribution in [0.5, 0.6) is 0 Å². The Kier molecular flexibility index (Phi) is 12.8. The number of fused-ring (bicyclic) bond motifs is 2. The Morgan fingerprint density at radius 2 is 1.00 bits per heavy atom. The van der Waals surface area contributed by atoms with Crippen molar-refractivity contribution in [3.63, 3.8) is 0 Å². The molecule has 0 nitrogen and oxygen atoms in total. The molecule has 0 spiro atoms. The molecule has 0 saturated heterocycles. The van der Waals surface area contributed by atoms with Crippen molar-refractivity contribution >= 4 is 70.8 Å². The molecule has 38 heavy (non-hydrogen) atoms. The van der Waals surface area contributed by atoms with Gasteiger partial charge in [0.2, 0.25) is 0 Å². The average Bonchev–Trinajstić information content (AvgIpc) is 3.66. The molecule has 0 fully saturated rings. The van der Waals surface area contributed by atoms with Crippen molar-refractivity contribution in [3.05, 3.63) is 106 Å². The van der Waals surface area contributed by atoms with Gasteiger partial charge in [-0.3, -0.25) is 0 Å². The zero-order valence-corrected chi connectivity index (χ0v) is 29.3. The predicted octanol–water partition coefficient (Wildman–Crippen LogP) is 12.0. The third-order valence-electron chi connectivity index (χ3n) is 5.80. The molecular formula is C32H32Cl2S2SiZr. The second-order valence-corrected chi connectivity index (χ2v) is 16.4. The van der Waals surface area contributed by atoms with Crippen LogP contribution in [0, 0.1) is 27.7 Å². The molecule has 0 bridgehead atoms. The summed E-state index contributed by atoms with van der Waals surface area (Å²) in [4.78, 5) is 5.48. The Balaban J connectivity index is 0.000000175. The SMILES string of the molecule is C[Si]C.Cc1cc2c(-c3ccc(C)s3)cccc2[cH-]1.Cc1cc2c(-c3ccc(C)s3)cccc2[cH-]1.[Cl][Zr+2][Cl]. The molecule has 2 radical (unpaired) electrons. The minimum absolute atomic E-state index is 0.826. The van der Waals surface area contributed by atoms with Crippen LogP contribution in [0.3, 0.4) is 0 Å². The summed E-state index contributed by atoms with van der Waals surface area (Å²) >= 11 is 2.90. The zero-order valence-electron chi connectivity index (χ0n) is 22.7. The van der Waals surface area contributed by atoms with Gasteiger partial charge in [0, 0.05) is 29.0 Å². The van der Waals surface area contributed by atoms with Crippen LogP contribution < -0.4 is 0 Å². The van der Waals surface area contributed by atoms with Crippen molar-refractivity contribution in [1.82, 2.24) is 0 Å². The Hall–Kier alpha value is -1.26. The van der Waals surface area contributed by atoms with E-state index in [1.54, 1.807) is 0 Å². The number of thiophene rings is 2. The van der Waals surface area contributed by atoms with Gasteiger partial charge in [0.1, 0.15) is 0 Å². The molecule has 0 aliphatic carbocycles. The summed E-state index contributed by atoms with van der Waals surface area (Å²) < 4.78 is 0. The van der Waals surface area contributed by atoms with Gasteiger partial charge in [0.05, 0.1) is 0 Å². The molecule has 2 heterocycles. The number of benzene rings is 2. The van der Waals surface area contributed by atoms with Gasteiger partial charge in [0.25, 0.3) is 0 Å². The number of rotatable bonds is 2. The first-order valence-corrected chi connectivity index (χ1v) is 22.3. The van der Waals surface area contributed by atoms with Crippen LogP contribution in [0.15, 0.2) is 84.9 Å². The van der Waals surface area contributed by atoms with Crippen LogP contribution in [0.1, 0.15) is 20.9 Å². The third-order valence-corrected chi connectivity index (χ3v) is 7.87. The predicted molar refractivity (Wildman–Crippen MR) is 174 cm³/mol. The second kappa shape index (κ2) is 15.5. The first-order chi connectivity index (χ1) is 18.3. The molecule has 0 atom stereocenters. The molecule has 0 N–H and O–H groups in total. The Morgan fingerprint density at radius 3 is 1.32 bits per heavy atom. The van der Waals surface area contributed by atoms with E-state index in [2.05, 4.69) is 126 Å². The van der Waals surface area contributed by atoms with Gasteiger partial charge in [-0.1, -0.05) is 50.2 Å². The van der Waals surface area contributed by atoms with E-state index in [4.69, 9.17) is 17.0 Å². The van der Waals surface area contributed by atoms with E-state index in [0.717, 1.165) is 9.52 Å². The van der Waals surface area contributed by atoms with Crippen molar-refractivity contribution in [2.45, 2.75) is 40.8 Å². The molecule has 0 unspecified atom stereocenters. The van der Waals surface area contributed by atoms with Crippen molar-refractivity contribution < 1.29 is 20.8 Å². The average molecular weight is 671 g/mol. The first-order valence-electron chi connectivity index (χ1n) is 12.3. The molecule has 194 valence electrons. The van der Waals surface area contributed by atoms with E-state index >= 15 is 0 Å². The summed E-state index contributed by atoms with van der Waals surface area (Å²) in [5.41, 5.74) is 5.42. The van der Waals surface area contributed by atoms with Crippen LogP contribution in [0.4, 0.5) is 0 Å². The summed E-state index contributed by atoms with van der Waals surface area (Å²) in [6.45, 7) is 12.9. The summed E-state index contributed by atoms with van der Waals surface area (Å²) in [5.74, 6) is 0. The van der Waals surface area contributed by atoms with Gasteiger partial charge in [-0.25, -0.2) is 0 Å². The van der Waals surface area contributed by atoms with E-state index in [9.17, 15) is 0 Å². The normalized spacial score (nSPS) is 10.1. The molecule has 0 saturated carbocycles. The number of halogens is 2. The number of hydrogen-bond donors (Lipinski definition) is 0. The van der Waals surface area contributed by atoms with Gasteiger partial charge in [-0.15, -0.1) is 91.7 Å². The standard InChI is InChI=1S/2C15H13S.C2H6Si.2ClH.Zr/c2*1-10-8-12-4-3-5-13(14(12)9-10)15-7-6-11(2)16-15;1-3-2;;;/h2*3-9H,1-2H3;1-2H3;2*1H;/q2*-1;;;;+4/p-2. The van der Waals surface area contributed by atoms with E-state index < -0.39 is 20.8 Å². The fourth-order valence-corrected chi connectivity index (χ4v) is 6.17. The van der Waals surface area contributed by atoms with E-state index in [0.29, 0.717) is 0 Å². The minimum atomic E-state index is -0.826. The maximum atomic E-state index is 4.93. The van der Waals surface area contributed by atoms with Crippen LogP contribution >= 0.6 is 39.7 Å². The molecule has 2 aromatic heterocycles. The van der Waals surface area contributed by atoms with Crippen molar-refractivity contribution in [2.75, 3.05) is 0 Å². The van der Waals surface area contributed by atoms with Gasteiger partial charge in [-0.2, -0.15) is 12.1 Å². The summed E-state index contributed by atoms with van der Waals surface area (Å²) in [7, 11) is 11.0. The quantitative estimate of drug-likeness (QED) is 0.127. The second-order valence-electron chi connectivity index (χ2n) is 9.07. The molecule has 4 aromatic carbocycles. The maximum absolute atomic E-state index is 4.93. The fraction of sp³-hybridized carbons (Fsp3) is 0.188. The van der Waals surface area contributed by atoms with Crippen LogP contribution in [0.25, 0.3) is 42.4 Å². The van der Waals surface area contributed by atoms with E-state index in [1.165, 1.54) is 63.3 Å². The third kappa shape index (κ3) is 8.37. The molecule has 6 rings (SSSR count). The summed E-state index contributed by atoms with van der Waals surface area (Å²) in [5, 5.41) is 5.45. The van der Waals surface area contributed by atoms with Crippen LogP contribution in [0.2, 0.25) is 13.1 Å². The van der Waals surface area contributed by atoms with Crippen LogP contribution in [-0.2, 0) is 20.8 Å². The molecule has 0 aliphatic heterocycles. The topological polar surface area (TPSA) is 0 Å². The van der Waals surface area contributed by atoms with Crippen molar-refractivity contribution in [3.8, 4) is 20.9 Å². The van der Waals surface area contributed by atoms with Crippen molar-refractivity contribution in [1.29, 1.82) is 0 Å². The zero-order chi connectivity index (χ0) is 27.7. The molecule has 0 amide bonds.